The minimum atomic E-state index is 0.828. The fourth-order valence-corrected chi connectivity index (χ4v) is 0.917. The number of rotatable bonds is 5. The lowest BCUT2D eigenvalue weighted by molar-refractivity contribution is 0.424. The van der Waals surface area contributed by atoms with Crippen molar-refractivity contribution in [1.82, 2.24) is 0 Å². The zero-order valence-electron chi connectivity index (χ0n) is 7.69. The minimum absolute atomic E-state index is 0.828. The molecule has 0 aliphatic carbocycles. The third-order valence-corrected chi connectivity index (χ3v) is 2.34. The monoisotopic (exact) mass is 141 g/mol. The van der Waals surface area contributed by atoms with Crippen LogP contribution in [0.3, 0.4) is 0 Å². The lowest BCUT2D eigenvalue weighted by Gasteiger charge is -2.11. The predicted molar refractivity (Wildman–Crippen MR) is 47.8 cm³/mol. The first-order chi connectivity index (χ1) is 4.70. The van der Waals surface area contributed by atoms with Gasteiger partial charge in [-0.2, -0.15) is 0 Å². The van der Waals surface area contributed by atoms with E-state index in [1.54, 1.807) is 0 Å². The van der Waals surface area contributed by atoms with Crippen molar-refractivity contribution < 1.29 is 0 Å². The van der Waals surface area contributed by atoms with Crippen LogP contribution in [0, 0.1) is 18.8 Å². The maximum Gasteiger partial charge on any atom is -0.0443 e. The maximum absolute atomic E-state index is 3.89. The Hall–Kier alpha value is 0. The van der Waals surface area contributed by atoms with Gasteiger partial charge in [0.1, 0.15) is 0 Å². The second kappa shape index (κ2) is 5.76. The zero-order chi connectivity index (χ0) is 7.98. The fraction of sp³-hybridized carbons (Fsp3) is 0.900. The quantitative estimate of drug-likeness (QED) is 0.548. The van der Waals surface area contributed by atoms with Gasteiger partial charge in [0.25, 0.3) is 0 Å². The summed E-state index contributed by atoms with van der Waals surface area (Å²) < 4.78 is 0. The molecule has 0 heterocycles. The Morgan fingerprint density at radius 1 is 1.10 bits per heavy atom. The molecule has 1 radical (unpaired) electrons. The van der Waals surface area contributed by atoms with E-state index in [1.165, 1.54) is 19.3 Å². The van der Waals surface area contributed by atoms with Crippen molar-refractivity contribution in [3.63, 3.8) is 0 Å². The molecule has 0 amide bonds. The van der Waals surface area contributed by atoms with E-state index in [-0.39, 0.29) is 0 Å². The normalized spacial score (nSPS) is 16.8. The van der Waals surface area contributed by atoms with Gasteiger partial charge in [0, 0.05) is 0 Å². The highest BCUT2D eigenvalue weighted by Gasteiger charge is 2.02. The highest BCUT2D eigenvalue weighted by atomic mass is 14.1. The molecule has 2 atom stereocenters. The average molecular weight is 141 g/mol. The topological polar surface area (TPSA) is 0 Å². The predicted octanol–water partition coefficient (Wildman–Crippen LogP) is 3.67. The molecule has 0 saturated carbocycles. The van der Waals surface area contributed by atoms with Crippen molar-refractivity contribution in [2.75, 3.05) is 0 Å². The lowest BCUT2D eigenvalue weighted by Crippen LogP contribution is -1.97. The smallest absolute Gasteiger partial charge is 0.0443 e. The molecule has 10 heavy (non-hydrogen) atoms. The molecule has 0 aliphatic rings. The summed E-state index contributed by atoms with van der Waals surface area (Å²) in [5, 5.41) is 0. The minimum Gasteiger partial charge on any atom is -0.0651 e. The van der Waals surface area contributed by atoms with Gasteiger partial charge in [-0.05, 0) is 11.8 Å². The second-order valence-electron chi connectivity index (χ2n) is 3.48. The molecule has 2 unspecified atom stereocenters. The summed E-state index contributed by atoms with van der Waals surface area (Å²) >= 11 is 0. The van der Waals surface area contributed by atoms with Crippen molar-refractivity contribution in [2.45, 2.75) is 46.5 Å². The Bertz CT molecular complexity index is 56.4. The van der Waals surface area contributed by atoms with Crippen molar-refractivity contribution in [3.8, 4) is 0 Å². The molecule has 0 aromatic rings. The molecule has 0 N–H and O–H groups in total. The average Bonchev–Trinajstić information content (AvgIpc) is 1.99. The van der Waals surface area contributed by atoms with Crippen LogP contribution < -0.4 is 0 Å². The van der Waals surface area contributed by atoms with Crippen LogP contribution in [-0.2, 0) is 0 Å². The molecular weight excluding hydrogens is 120 g/mol. The number of hydrogen-bond donors (Lipinski definition) is 0. The van der Waals surface area contributed by atoms with Crippen LogP contribution in [0.25, 0.3) is 0 Å². The van der Waals surface area contributed by atoms with Gasteiger partial charge < -0.3 is 0 Å². The van der Waals surface area contributed by atoms with Gasteiger partial charge in [0.05, 0.1) is 0 Å². The van der Waals surface area contributed by atoms with Crippen LogP contribution in [0.4, 0.5) is 0 Å². The van der Waals surface area contributed by atoms with Gasteiger partial charge >= 0.3 is 0 Å². The van der Waals surface area contributed by atoms with Crippen LogP contribution in [-0.4, -0.2) is 0 Å². The van der Waals surface area contributed by atoms with Gasteiger partial charge in [-0.3, -0.25) is 0 Å². The molecule has 0 bridgehead atoms. The van der Waals surface area contributed by atoms with Gasteiger partial charge in [-0.15, -0.1) is 0 Å². The summed E-state index contributed by atoms with van der Waals surface area (Å²) in [5.74, 6) is 1.74. The molecule has 0 aliphatic heterocycles. The summed E-state index contributed by atoms with van der Waals surface area (Å²) in [6, 6.07) is 0. The summed E-state index contributed by atoms with van der Waals surface area (Å²) in [5.41, 5.74) is 0. The molecular formula is C10H21. The maximum atomic E-state index is 3.89. The van der Waals surface area contributed by atoms with Crippen molar-refractivity contribution in [1.29, 1.82) is 0 Å². The zero-order valence-corrected chi connectivity index (χ0v) is 7.69. The second-order valence-corrected chi connectivity index (χ2v) is 3.48. The summed E-state index contributed by atoms with van der Waals surface area (Å²) in [6.07, 6.45) is 5.16. The van der Waals surface area contributed by atoms with Crippen molar-refractivity contribution >= 4 is 0 Å². The van der Waals surface area contributed by atoms with Crippen LogP contribution >= 0.6 is 0 Å². The van der Waals surface area contributed by atoms with Crippen LogP contribution in [0.5, 0.6) is 0 Å². The van der Waals surface area contributed by atoms with Gasteiger partial charge in [0.2, 0.25) is 0 Å². The molecule has 0 spiro atoms. The highest BCUT2D eigenvalue weighted by Crippen LogP contribution is 2.16. The Balaban J connectivity index is 3.17. The van der Waals surface area contributed by atoms with E-state index in [1.807, 2.05) is 0 Å². The Morgan fingerprint density at radius 2 is 1.60 bits per heavy atom. The molecule has 0 rings (SSSR count). The highest BCUT2D eigenvalue weighted by molar-refractivity contribution is 4.57. The van der Waals surface area contributed by atoms with Crippen LogP contribution in [0.2, 0.25) is 0 Å². The SMILES string of the molecule is [CH2]CC(C)CCC(C)CC. The summed E-state index contributed by atoms with van der Waals surface area (Å²) in [7, 11) is 0. The van der Waals surface area contributed by atoms with E-state index in [4.69, 9.17) is 0 Å². The van der Waals surface area contributed by atoms with E-state index in [0.717, 1.165) is 18.3 Å². The first-order valence-corrected chi connectivity index (χ1v) is 4.49. The van der Waals surface area contributed by atoms with Gasteiger partial charge in [-0.1, -0.05) is 53.4 Å². The van der Waals surface area contributed by atoms with Crippen LogP contribution in [0.1, 0.15) is 46.5 Å². The first-order valence-electron chi connectivity index (χ1n) is 4.49. The molecule has 0 saturated heterocycles. The molecule has 61 valence electrons. The largest absolute Gasteiger partial charge is 0.0651 e. The third-order valence-electron chi connectivity index (χ3n) is 2.34. The van der Waals surface area contributed by atoms with Crippen molar-refractivity contribution in [3.05, 3.63) is 6.92 Å². The van der Waals surface area contributed by atoms with E-state index in [9.17, 15) is 0 Å². The van der Waals surface area contributed by atoms with E-state index < -0.39 is 0 Å². The molecule has 0 aromatic carbocycles. The molecule has 0 fully saturated rings. The van der Waals surface area contributed by atoms with Crippen LogP contribution in [0.15, 0.2) is 0 Å². The molecule has 0 aromatic heterocycles. The van der Waals surface area contributed by atoms with Gasteiger partial charge in [0.15, 0.2) is 0 Å². The standard InChI is InChI=1S/C10H21/c1-5-9(3)7-8-10(4)6-2/h9-10H,1,5-8H2,2-4H3. The Kier molecular flexibility index (Phi) is 5.76. The third kappa shape index (κ3) is 4.84. The molecule has 0 nitrogen and oxygen atoms in total. The van der Waals surface area contributed by atoms with E-state index in [0.29, 0.717) is 0 Å². The van der Waals surface area contributed by atoms with E-state index >= 15 is 0 Å². The first kappa shape index (κ1) is 10.0. The van der Waals surface area contributed by atoms with Gasteiger partial charge in [-0.25, -0.2) is 0 Å². The van der Waals surface area contributed by atoms with E-state index in [2.05, 4.69) is 27.7 Å². The molecule has 0 heteroatoms. The Morgan fingerprint density at radius 3 is 2.00 bits per heavy atom. The Labute approximate surface area is 66.0 Å². The summed E-state index contributed by atoms with van der Waals surface area (Å²) in [6.45, 7) is 10.8. The van der Waals surface area contributed by atoms with Crippen molar-refractivity contribution in [2.24, 2.45) is 11.8 Å². The fourth-order valence-electron chi connectivity index (χ4n) is 0.917. The summed E-state index contributed by atoms with van der Waals surface area (Å²) in [4.78, 5) is 0. The lowest BCUT2D eigenvalue weighted by atomic mass is 9.95. The number of hydrogen-bond acceptors (Lipinski definition) is 0.